The number of benzene rings is 2. The predicted molar refractivity (Wildman–Crippen MR) is 80.6 cm³/mol. The van der Waals surface area contributed by atoms with E-state index >= 15 is 0 Å². The Labute approximate surface area is 124 Å². The number of anilines is 1. The lowest BCUT2D eigenvalue weighted by molar-refractivity contribution is 0.265. The van der Waals surface area contributed by atoms with E-state index in [0.717, 1.165) is 22.7 Å². The first-order chi connectivity index (χ1) is 10.3. The quantitative estimate of drug-likeness (QED) is 0.810. The zero-order valence-electron chi connectivity index (χ0n) is 11.8. The van der Waals surface area contributed by atoms with Crippen molar-refractivity contribution in [2.75, 3.05) is 25.2 Å². The van der Waals surface area contributed by atoms with E-state index in [1.54, 1.807) is 7.11 Å². The van der Waals surface area contributed by atoms with Crippen LogP contribution in [-0.2, 0) is 0 Å². The lowest BCUT2D eigenvalue weighted by Gasteiger charge is -2.37. The van der Waals surface area contributed by atoms with E-state index in [1.165, 1.54) is 0 Å². The van der Waals surface area contributed by atoms with Crippen LogP contribution < -0.4 is 14.4 Å². The molecule has 0 aromatic heterocycles. The number of nitrogens with zero attached hydrogens (tertiary/aromatic N) is 2. The Balaban J connectivity index is 2.03. The summed E-state index contributed by atoms with van der Waals surface area (Å²) in [5.74, 6) is 1.55. The minimum absolute atomic E-state index is 0.0328. The molecule has 1 heterocycles. The summed E-state index contributed by atoms with van der Waals surface area (Å²) >= 11 is 0. The highest BCUT2D eigenvalue weighted by atomic mass is 16.5. The van der Waals surface area contributed by atoms with Crippen molar-refractivity contribution in [1.82, 2.24) is 0 Å². The SMILES string of the molecule is COc1ccc2c(c1)N(CC#N)C(c1ccccc1)CO2. The van der Waals surface area contributed by atoms with Crippen LogP contribution in [0.4, 0.5) is 5.69 Å². The zero-order chi connectivity index (χ0) is 14.7. The summed E-state index contributed by atoms with van der Waals surface area (Å²) in [6, 6.07) is 18.1. The van der Waals surface area contributed by atoms with Crippen LogP contribution in [-0.4, -0.2) is 20.3 Å². The van der Waals surface area contributed by atoms with Gasteiger partial charge in [-0.2, -0.15) is 5.26 Å². The van der Waals surface area contributed by atoms with Crippen LogP contribution in [0, 0.1) is 11.3 Å². The molecule has 0 saturated heterocycles. The first-order valence-electron chi connectivity index (χ1n) is 6.83. The molecular formula is C17H16N2O2. The Kier molecular flexibility index (Phi) is 3.65. The smallest absolute Gasteiger partial charge is 0.143 e. The number of fused-ring (bicyclic) bond motifs is 1. The fourth-order valence-electron chi connectivity index (χ4n) is 2.62. The van der Waals surface area contributed by atoms with Crippen LogP contribution in [0.5, 0.6) is 11.5 Å². The number of ether oxygens (including phenoxy) is 2. The molecule has 0 fully saturated rings. The standard InChI is InChI=1S/C17H16N2O2/c1-20-14-7-8-17-15(11-14)19(10-9-18)16(12-21-17)13-5-3-2-4-6-13/h2-8,11,16H,10,12H2,1H3. The second-order valence-corrected chi connectivity index (χ2v) is 4.86. The molecule has 1 unspecified atom stereocenters. The van der Waals surface area contributed by atoms with Gasteiger partial charge in [0.25, 0.3) is 0 Å². The van der Waals surface area contributed by atoms with E-state index in [2.05, 4.69) is 23.1 Å². The molecule has 3 rings (SSSR count). The van der Waals surface area contributed by atoms with Gasteiger partial charge in [0.1, 0.15) is 24.7 Å². The van der Waals surface area contributed by atoms with Crippen molar-refractivity contribution in [3.8, 4) is 17.6 Å². The molecule has 2 aromatic rings. The maximum Gasteiger partial charge on any atom is 0.143 e. The van der Waals surface area contributed by atoms with Crippen molar-refractivity contribution in [3.05, 3.63) is 54.1 Å². The summed E-state index contributed by atoms with van der Waals surface area (Å²) in [4.78, 5) is 2.07. The first-order valence-corrected chi connectivity index (χ1v) is 6.83. The molecule has 0 aliphatic carbocycles. The summed E-state index contributed by atoms with van der Waals surface area (Å²) in [5, 5.41) is 9.17. The first kappa shape index (κ1) is 13.3. The fraction of sp³-hybridized carbons (Fsp3) is 0.235. The monoisotopic (exact) mass is 280 g/mol. The van der Waals surface area contributed by atoms with Crippen molar-refractivity contribution in [2.24, 2.45) is 0 Å². The Morgan fingerprint density at radius 1 is 1.29 bits per heavy atom. The molecule has 4 heteroatoms. The van der Waals surface area contributed by atoms with Crippen molar-refractivity contribution < 1.29 is 9.47 Å². The van der Waals surface area contributed by atoms with E-state index in [4.69, 9.17) is 9.47 Å². The van der Waals surface area contributed by atoms with Gasteiger partial charge in [-0.3, -0.25) is 0 Å². The highest BCUT2D eigenvalue weighted by Crippen LogP contribution is 2.41. The third kappa shape index (κ3) is 2.50. The molecule has 0 spiro atoms. The number of hydrogen-bond acceptors (Lipinski definition) is 4. The maximum absolute atomic E-state index is 9.17. The van der Waals surface area contributed by atoms with Crippen LogP contribution in [0.25, 0.3) is 0 Å². The molecule has 1 atom stereocenters. The Morgan fingerprint density at radius 2 is 2.10 bits per heavy atom. The van der Waals surface area contributed by atoms with Crippen LogP contribution in [0.15, 0.2) is 48.5 Å². The number of methoxy groups -OCH3 is 1. The largest absolute Gasteiger partial charge is 0.497 e. The molecule has 2 aromatic carbocycles. The van der Waals surface area contributed by atoms with Gasteiger partial charge < -0.3 is 14.4 Å². The van der Waals surface area contributed by atoms with Crippen molar-refractivity contribution in [1.29, 1.82) is 5.26 Å². The lowest BCUT2D eigenvalue weighted by atomic mass is 10.0. The summed E-state index contributed by atoms with van der Waals surface area (Å²) in [5.41, 5.74) is 2.04. The zero-order valence-corrected chi connectivity index (χ0v) is 11.8. The van der Waals surface area contributed by atoms with Gasteiger partial charge in [-0.1, -0.05) is 30.3 Å². The average molecular weight is 280 g/mol. The van der Waals surface area contributed by atoms with Gasteiger partial charge in [0.15, 0.2) is 0 Å². The minimum Gasteiger partial charge on any atom is -0.497 e. The van der Waals surface area contributed by atoms with Gasteiger partial charge in [0, 0.05) is 6.07 Å². The molecule has 0 radical (unpaired) electrons. The fourth-order valence-corrected chi connectivity index (χ4v) is 2.62. The van der Waals surface area contributed by atoms with Gasteiger partial charge in [0.2, 0.25) is 0 Å². The molecule has 0 bridgehead atoms. The molecule has 106 valence electrons. The van der Waals surface area contributed by atoms with Gasteiger partial charge in [-0.05, 0) is 17.7 Å². The highest BCUT2D eigenvalue weighted by molar-refractivity contribution is 5.64. The van der Waals surface area contributed by atoms with E-state index in [1.807, 2.05) is 36.4 Å². The summed E-state index contributed by atoms with van der Waals surface area (Å²) in [6.07, 6.45) is 0. The molecule has 1 aliphatic rings. The lowest BCUT2D eigenvalue weighted by Crippen LogP contribution is -2.36. The normalized spacial score (nSPS) is 16.6. The third-order valence-corrected chi connectivity index (χ3v) is 3.67. The average Bonchev–Trinajstić information content (AvgIpc) is 2.55. The molecule has 0 saturated carbocycles. The van der Waals surface area contributed by atoms with Gasteiger partial charge >= 0.3 is 0 Å². The molecule has 21 heavy (non-hydrogen) atoms. The number of hydrogen-bond donors (Lipinski definition) is 0. The topological polar surface area (TPSA) is 45.5 Å². The van der Waals surface area contributed by atoms with E-state index in [-0.39, 0.29) is 6.04 Å². The summed E-state index contributed by atoms with van der Waals surface area (Å²) in [6.45, 7) is 0.841. The van der Waals surface area contributed by atoms with E-state index in [9.17, 15) is 5.26 Å². The van der Waals surface area contributed by atoms with Crippen molar-refractivity contribution in [2.45, 2.75) is 6.04 Å². The molecule has 4 nitrogen and oxygen atoms in total. The molecule has 0 N–H and O–H groups in total. The Bertz CT molecular complexity index is 664. The van der Waals surface area contributed by atoms with Crippen molar-refractivity contribution in [3.63, 3.8) is 0 Å². The van der Waals surface area contributed by atoms with Crippen molar-refractivity contribution >= 4 is 5.69 Å². The Morgan fingerprint density at radius 3 is 2.81 bits per heavy atom. The van der Waals surface area contributed by atoms with Crippen LogP contribution in [0.2, 0.25) is 0 Å². The Hall–Kier alpha value is -2.67. The minimum atomic E-state index is 0.0328. The van der Waals surface area contributed by atoms with Gasteiger partial charge in [0.05, 0.1) is 24.9 Å². The number of nitriles is 1. The second-order valence-electron chi connectivity index (χ2n) is 4.86. The molecule has 1 aliphatic heterocycles. The van der Waals surface area contributed by atoms with Crippen LogP contribution in [0.1, 0.15) is 11.6 Å². The molecular weight excluding hydrogens is 264 g/mol. The van der Waals surface area contributed by atoms with E-state index < -0.39 is 0 Å². The van der Waals surface area contributed by atoms with Crippen LogP contribution >= 0.6 is 0 Å². The number of rotatable bonds is 3. The second kappa shape index (κ2) is 5.76. The summed E-state index contributed by atoms with van der Waals surface area (Å²) in [7, 11) is 1.63. The van der Waals surface area contributed by atoms with E-state index in [0.29, 0.717) is 13.2 Å². The van der Waals surface area contributed by atoms with Gasteiger partial charge in [-0.15, -0.1) is 0 Å². The summed E-state index contributed by atoms with van der Waals surface area (Å²) < 4.78 is 11.1. The third-order valence-electron chi connectivity index (χ3n) is 3.67. The highest BCUT2D eigenvalue weighted by Gasteiger charge is 2.29. The predicted octanol–water partition coefficient (Wildman–Crippen LogP) is 3.16. The van der Waals surface area contributed by atoms with Gasteiger partial charge in [-0.25, -0.2) is 0 Å². The molecule has 0 amide bonds. The maximum atomic E-state index is 9.17. The van der Waals surface area contributed by atoms with Crippen LogP contribution in [0.3, 0.4) is 0 Å².